The number of fused-ring (bicyclic) bond motifs is 2. The summed E-state index contributed by atoms with van der Waals surface area (Å²) in [5.74, 6) is 0.727. The van der Waals surface area contributed by atoms with Crippen molar-refractivity contribution in [3.05, 3.63) is 22.3 Å². The Morgan fingerprint density at radius 3 is 2.45 bits per heavy atom. The molecule has 3 aliphatic carbocycles. The molecule has 3 rings (SSSR count). The summed E-state index contributed by atoms with van der Waals surface area (Å²) >= 11 is 0. The van der Waals surface area contributed by atoms with Gasteiger partial charge in [0.25, 0.3) is 0 Å². The maximum absolute atomic E-state index is 10.5. The lowest BCUT2D eigenvalue weighted by Gasteiger charge is -2.32. The highest BCUT2D eigenvalue weighted by Crippen LogP contribution is 2.37. The SMILES string of the molecule is O=[N+]([O-])C1CC2C=CC1CC2. The molecular formula is C8H11NO2. The third kappa shape index (κ3) is 1.04. The molecule has 3 heteroatoms. The molecule has 3 aliphatic rings. The maximum atomic E-state index is 10.5. The van der Waals surface area contributed by atoms with E-state index in [1.165, 1.54) is 0 Å². The van der Waals surface area contributed by atoms with E-state index in [4.69, 9.17) is 0 Å². The lowest BCUT2D eigenvalue weighted by Crippen LogP contribution is -2.37. The van der Waals surface area contributed by atoms with Crippen molar-refractivity contribution >= 4 is 0 Å². The zero-order chi connectivity index (χ0) is 7.84. The third-order valence-electron chi connectivity index (χ3n) is 2.81. The summed E-state index contributed by atoms with van der Waals surface area (Å²) in [5, 5.41) is 10.5. The van der Waals surface area contributed by atoms with Gasteiger partial charge in [0.05, 0.1) is 0 Å². The monoisotopic (exact) mass is 153 g/mol. The van der Waals surface area contributed by atoms with Crippen molar-refractivity contribution in [1.29, 1.82) is 0 Å². The van der Waals surface area contributed by atoms with Crippen molar-refractivity contribution in [2.24, 2.45) is 11.8 Å². The van der Waals surface area contributed by atoms with E-state index in [-0.39, 0.29) is 16.9 Å². The molecule has 0 amide bonds. The Bertz CT molecular complexity index is 212. The Labute approximate surface area is 65.2 Å². The van der Waals surface area contributed by atoms with Crippen LogP contribution in [0.25, 0.3) is 0 Å². The maximum Gasteiger partial charge on any atom is 0.219 e. The van der Waals surface area contributed by atoms with Crippen LogP contribution in [0.2, 0.25) is 0 Å². The van der Waals surface area contributed by atoms with Crippen LogP contribution in [0.15, 0.2) is 12.2 Å². The second-order valence-corrected chi connectivity index (χ2v) is 3.47. The van der Waals surface area contributed by atoms with Crippen molar-refractivity contribution < 1.29 is 4.92 Å². The summed E-state index contributed by atoms with van der Waals surface area (Å²) in [6, 6.07) is -0.279. The Morgan fingerprint density at radius 2 is 2.18 bits per heavy atom. The molecule has 3 unspecified atom stereocenters. The van der Waals surface area contributed by atoms with Crippen LogP contribution in [0.1, 0.15) is 19.3 Å². The van der Waals surface area contributed by atoms with Crippen LogP contribution in [-0.4, -0.2) is 11.0 Å². The van der Waals surface area contributed by atoms with Crippen molar-refractivity contribution in [3.8, 4) is 0 Å². The lowest BCUT2D eigenvalue weighted by atomic mass is 9.73. The highest BCUT2D eigenvalue weighted by Gasteiger charge is 2.39. The van der Waals surface area contributed by atoms with E-state index in [2.05, 4.69) is 6.08 Å². The van der Waals surface area contributed by atoms with Gasteiger partial charge < -0.3 is 0 Å². The summed E-state index contributed by atoms with van der Waals surface area (Å²) in [6.07, 6.45) is 7.13. The highest BCUT2D eigenvalue weighted by molar-refractivity contribution is 5.06. The first-order chi connectivity index (χ1) is 5.27. The average Bonchev–Trinajstić information content (AvgIpc) is 2.06. The summed E-state index contributed by atoms with van der Waals surface area (Å²) in [6.45, 7) is 0. The molecule has 0 radical (unpaired) electrons. The largest absolute Gasteiger partial charge is 0.264 e. The number of allylic oxidation sites excluding steroid dienone is 1. The molecule has 60 valence electrons. The van der Waals surface area contributed by atoms with Crippen LogP contribution in [0.3, 0.4) is 0 Å². The van der Waals surface area contributed by atoms with Crippen molar-refractivity contribution in [2.45, 2.75) is 25.3 Å². The normalized spacial score (nSPS) is 40.9. The number of nitrogens with zero attached hydrogens (tertiary/aromatic N) is 1. The fourth-order valence-electron chi connectivity index (χ4n) is 2.14. The number of hydrogen-bond acceptors (Lipinski definition) is 2. The predicted molar refractivity (Wildman–Crippen MR) is 40.8 cm³/mol. The lowest BCUT2D eigenvalue weighted by molar-refractivity contribution is -0.535. The van der Waals surface area contributed by atoms with Gasteiger partial charge >= 0.3 is 0 Å². The third-order valence-corrected chi connectivity index (χ3v) is 2.81. The van der Waals surface area contributed by atoms with Gasteiger partial charge in [-0.1, -0.05) is 12.2 Å². The minimum atomic E-state index is -0.279. The minimum absolute atomic E-state index is 0.111. The zero-order valence-corrected chi connectivity index (χ0v) is 6.27. The molecule has 0 aliphatic heterocycles. The molecule has 3 atom stereocenters. The molecule has 2 bridgehead atoms. The van der Waals surface area contributed by atoms with E-state index in [9.17, 15) is 10.1 Å². The minimum Gasteiger partial charge on any atom is -0.264 e. The summed E-state index contributed by atoms with van der Waals surface area (Å²) in [4.78, 5) is 10.4. The highest BCUT2D eigenvalue weighted by atomic mass is 16.6. The topological polar surface area (TPSA) is 43.1 Å². The fraction of sp³-hybridized carbons (Fsp3) is 0.750. The molecule has 0 spiro atoms. The van der Waals surface area contributed by atoms with Gasteiger partial charge in [0.2, 0.25) is 6.04 Å². The quantitative estimate of drug-likeness (QED) is 0.326. The second-order valence-electron chi connectivity index (χ2n) is 3.47. The van der Waals surface area contributed by atoms with Gasteiger partial charge in [-0.15, -0.1) is 0 Å². The standard InChI is InChI=1S/C8H11NO2/c10-9(11)8-5-6-1-3-7(8)4-2-6/h1,3,6-8H,2,4-5H2. The first-order valence-electron chi connectivity index (χ1n) is 4.09. The van der Waals surface area contributed by atoms with Crippen LogP contribution in [0.5, 0.6) is 0 Å². The Balaban J connectivity index is 2.17. The van der Waals surface area contributed by atoms with Gasteiger partial charge in [-0.05, 0) is 18.8 Å². The number of hydrogen-bond donors (Lipinski definition) is 0. The first kappa shape index (κ1) is 6.83. The van der Waals surface area contributed by atoms with E-state index >= 15 is 0 Å². The molecule has 0 N–H and O–H groups in total. The molecule has 1 saturated carbocycles. The Kier molecular flexibility index (Phi) is 1.44. The molecule has 0 aromatic carbocycles. The molecule has 1 fully saturated rings. The summed E-state index contributed by atoms with van der Waals surface area (Å²) in [5.41, 5.74) is 0. The van der Waals surface area contributed by atoms with Crippen molar-refractivity contribution in [2.75, 3.05) is 0 Å². The van der Waals surface area contributed by atoms with E-state index < -0.39 is 0 Å². The van der Waals surface area contributed by atoms with Crippen molar-refractivity contribution in [3.63, 3.8) is 0 Å². The summed E-state index contributed by atoms with van der Waals surface area (Å²) in [7, 11) is 0. The average molecular weight is 153 g/mol. The van der Waals surface area contributed by atoms with Gasteiger partial charge in [-0.3, -0.25) is 10.1 Å². The van der Waals surface area contributed by atoms with E-state index in [0.717, 1.165) is 19.3 Å². The molecule has 0 saturated heterocycles. The number of nitro groups is 1. The van der Waals surface area contributed by atoms with E-state index in [0.29, 0.717) is 5.92 Å². The van der Waals surface area contributed by atoms with Gasteiger partial charge in [-0.25, -0.2) is 0 Å². The molecule has 0 aromatic heterocycles. The van der Waals surface area contributed by atoms with Gasteiger partial charge in [0.1, 0.15) is 0 Å². The summed E-state index contributed by atoms with van der Waals surface area (Å²) < 4.78 is 0. The Hall–Kier alpha value is -0.860. The molecular weight excluding hydrogens is 142 g/mol. The second kappa shape index (κ2) is 2.32. The van der Waals surface area contributed by atoms with Gasteiger partial charge in [0, 0.05) is 17.3 Å². The van der Waals surface area contributed by atoms with Crippen LogP contribution < -0.4 is 0 Å². The number of rotatable bonds is 1. The predicted octanol–water partition coefficient (Wildman–Crippen LogP) is 1.62. The van der Waals surface area contributed by atoms with Crippen molar-refractivity contribution in [1.82, 2.24) is 0 Å². The van der Waals surface area contributed by atoms with Crippen LogP contribution in [0, 0.1) is 22.0 Å². The smallest absolute Gasteiger partial charge is 0.219 e. The van der Waals surface area contributed by atoms with Crippen LogP contribution in [0.4, 0.5) is 0 Å². The fourth-order valence-corrected chi connectivity index (χ4v) is 2.14. The molecule has 0 heterocycles. The van der Waals surface area contributed by atoms with E-state index in [1.807, 2.05) is 6.08 Å². The Morgan fingerprint density at radius 1 is 1.36 bits per heavy atom. The zero-order valence-electron chi connectivity index (χ0n) is 6.27. The van der Waals surface area contributed by atoms with Crippen LogP contribution in [-0.2, 0) is 0 Å². The molecule has 11 heavy (non-hydrogen) atoms. The van der Waals surface area contributed by atoms with Crippen LogP contribution >= 0.6 is 0 Å². The molecule has 3 nitrogen and oxygen atoms in total. The van der Waals surface area contributed by atoms with Gasteiger partial charge in [-0.2, -0.15) is 0 Å². The van der Waals surface area contributed by atoms with E-state index in [1.54, 1.807) is 0 Å². The first-order valence-corrected chi connectivity index (χ1v) is 4.09. The van der Waals surface area contributed by atoms with Gasteiger partial charge in [0.15, 0.2) is 0 Å². The molecule has 0 aromatic rings.